The molecular formula is C9H9BrS. The van der Waals surface area contributed by atoms with Gasteiger partial charge < -0.3 is 0 Å². The van der Waals surface area contributed by atoms with Crippen LogP contribution in [0.3, 0.4) is 0 Å². The number of alkyl halides is 1. The monoisotopic (exact) mass is 228 g/mol. The largest absolute Gasteiger partial charge is 0.126 e. The molecule has 2 rings (SSSR count). The lowest BCUT2D eigenvalue weighted by Gasteiger charge is -2.19. The number of hydrogen-bond acceptors (Lipinski definition) is 1. The molecule has 58 valence electrons. The van der Waals surface area contributed by atoms with Crippen LogP contribution in [0.2, 0.25) is 0 Å². The van der Waals surface area contributed by atoms with Crippen LogP contribution >= 0.6 is 27.7 Å². The molecule has 1 aromatic carbocycles. The van der Waals surface area contributed by atoms with Crippen LogP contribution in [0.25, 0.3) is 0 Å². The van der Waals surface area contributed by atoms with Crippen molar-refractivity contribution in [2.45, 2.75) is 16.1 Å². The minimum atomic E-state index is 0.583. The van der Waals surface area contributed by atoms with Crippen molar-refractivity contribution < 1.29 is 0 Å². The van der Waals surface area contributed by atoms with Gasteiger partial charge in [0.25, 0.3) is 0 Å². The summed E-state index contributed by atoms with van der Waals surface area (Å²) in [5.74, 6) is 1.24. The Morgan fingerprint density at radius 1 is 1.36 bits per heavy atom. The van der Waals surface area contributed by atoms with Crippen molar-refractivity contribution in [1.29, 1.82) is 0 Å². The molecule has 1 aromatic rings. The van der Waals surface area contributed by atoms with Crippen LogP contribution in [-0.2, 0) is 0 Å². The molecule has 0 nitrogen and oxygen atoms in total. The highest BCUT2D eigenvalue weighted by molar-refractivity contribution is 9.09. The minimum absolute atomic E-state index is 0.583. The second-order valence-corrected chi connectivity index (χ2v) is 4.88. The van der Waals surface area contributed by atoms with Gasteiger partial charge in [-0.3, -0.25) is 0 Å². The predicted molar refractivity (Wildman–Crippen MR) is 53.5 cm³/mol. The van der Waals surface area contributed by atoms with Crippen LogP contribution in [0.15, 0.2) is 29.2 Å². The van der Waals surface area contributed by atoms with Gasteiger partial charge in [-0.15, -0.1) is 11.8 Å². The summed E-state index contributed by atoms with van der Waals surface area (Å²) in [5, 5.41) is 0. The Morgan fingerprint density at radius 2 is 2.18 bits per heavy atom. The summed E-state index contributed by atoms with van der Waals surface area (Å²) in [6.45, 7) is 0. The van der Waals surface area contributed by atoms with Crippen molar-refractivity contribution in [2.75, 3.05) is 5.75 Å². The average molecular weight is 229 g/mol. The molecule has 0 aromatic heterocycles. The number of fused-ring (bicyclic) bond motifs is 1. The second-order valence-electron chi connectivity index (χ2n) is 2.64. The van der Waals surface area contributed by atoms with Gasteiger partial charge in [0.1, 0.15) is 0 Å². The summed E-state index contributed by atoms with van der Waals surface area (Å²) in [4.78, 5) is 2.03. The molecule has 1 unspecified atom stereocenters. The van der Waals surface area contributed by atoms with Crippen molar-refractivity contribution in [3.8, 4) is 0 Å². The van der Waals surface area contributed by atoms with E-state index in [9.17, 15) is 0 Å². The lowest BCUT2D eigenvalue weighted by Crippen LogP contribution is -2.00. The summed E-state index contributed by atoms with van der Waals surface area (Å²) in [5.41, 5.74) is 1.46. The zero-order valence-corrected chi connectivity index (χ0v) is 8.49. The number of thioether (sulfide) groups is 1. The fourth-order valence-corrected chi connectivity index (χ4v) is 3.51. The van der Waals surface area contributed by atoms with E-state index in [2.05, 4.69) is 40.2 Å². The van der Waals surface area contributed by atoms with Crippen LogP contribution < -0.4 is 0 Å². The molecule has 11 heavy (non-hydrogen) atoms. The predicted octanol–water partition coefficient (Wildman–Crippen LogP) is 3.62. The molecule has 0 fully saturated rings. The first-order chi connectivity index (χ1) is 5.38. The fraction of sp³-hybridized carbons (Fsp3) is 0.333. The maximum absolute atomic E-state index is 3.67. The SMILES string of the molecule is BrC1CCSc2ccccc21. The summed E-state index contributed by atoms with van der Waals surface area (Å²) in [6, 6.07) is 8.63. The maximum Gasteiger partial charge on any atom is 0.0414 e. The Bertz CT molecular complexity index is 259. The molecule has 1 atom stereocenters. The van der Waals surface area contributed by atoms with Crippen LogP contribution in [0.1, 0.15) is 16.8 Å². The lowest BCUT2D eigenvalue weighted by molar-refractivity contribution is 0.880. The van der Waals surface area contributed by atoms with Crippen molar-refractivity contribution >= 4 is 27.7 Å². The normalized spacial score (nSPS) is 22.8. The molecule has 0 spiro atoms. The van der Waals surface area contributed by atoms with Gasteiger partial charge in [-0.1, -0.05) is 34.1 Å². The molecule has 1 aliphatic heterocycles. The standard InChI is InChI=1S/C9H9BrS/c10-8-5-6-11-9-4-2-1-3-7(8)9/h1-4,8H,5-6H2. The first kappa shape index (κ1) is 7.69. The number of halogens is 1. The fourth-order valence-electron chi connectivity index (χ4n) is 1.30. The van der Waals surface area contributed by atoms with Crippen molar-refractivity contribution in [2.24, 2.45) is 0 Å². The van der Waals surface area contributed by atoms with Gasteiger partial charge in [0.15, 0.2) is 0 Å². The quantitative estimate of drug-likeness (QED) is 0.612. The first-order valence-corrected chi connectivity index (χ1v) is 5.64. The molecule has 2 heteroatoms. The molecule has 1 aliphatic rings. The Kier molecular flexibility index (Phi) is 2.23. The first-order valence-electron chi connectivity index (χ1n) is 3.74. The van der Waals surface area contributed by atoms with Gasteiger partial charge in [-0.05, 0) is 23.8 Å². The Labute approximate surface area is 79.5 Å². The highest BCUT2D eigenvalue weighted by Gasteiger charge is 2.16. The number of rotatable bonds is 0. The second kappa shape index (κ2) is 3.20. The number of hydrogen-bond donors (Lipinski definition) is 0. The topological polar surface area (TPSA) is 0 Å². The summed E-state index contributed by atoms with van der Waals surface area (Å²) in [7, 11) is 0. The van der Waals surface area contributed by atoms with E-state index in [1.165, 1.54) is 22.6 Å². The van der Waals surface area contributed by atoms with Gasteiger partial charge in [0, 0.05) is 9.72 Å². The van der Waals surface area contributed by atoms with Gasteiger partial charge >= 0.3 is 0 Å². The Hall–Kier alpha value is 0.0500. The zero-order valence-electron chi connectivity index (χ0n) is 6.09. The zero-order chi connectivity index (χ0) is 7.68. The third-order valence-corrected chi connectivity index (χ3v) is 3.96. The molecule has 1 heterocycles. The van der Waals surface area contributed by atoms with Crippen LogP contribution in [0, 0.1) is 0 Å². The van der Waals surface area contributed by atoms with E-state index in [4.69, 9.17) is 0 Å². The van der Waals surface area contributed by atoms with Gasteiger partial charge in [0.2, 0.25) is 0 Å². The third kappa shape index (κ3) is 1.47. The van der Waals surface area contributed by atoms with E-state index in [0.29, 0.717) is 4.83 Å². The van der Waals surface area contributed by atoms with Crippen LogP contribution in [-0.4, -0.2) is 5.75 Å². The van der Waals surface area contributed by atoms with Crippen LogP contribution in [0.5, 0.6) is 0 Å². The lowest BCUT2D eigenvalue weighted by atomic mass is 10.1. The Balaban J connectivity index is 2.44. The van der Waals surface area contributed by atoms with E-state index in [-0.39, 0.29) is 0 Å². The summed E-state index contributed by atoms with van der Waals surface area (Å²) in [6.07, 6.45) is 1.25. The van der Waals surface area contributed by atoms with E-state index in [1.54, 1.807) is 0 Å². The minimum Gasteiger partial charge on any atom is -0.126 e. The highest BCUT2D eigenvalue weighted by atomic mass is 79.9. The van der Waals surface area contributed by atoms with E-state index >= 15 is 0 Å². The molecule has 0 saturated heterocycles. The molecule has 0 radical (unpaired) electrons. The van der Waals surface area contributed by atoms with Crippen molar-refractivity contribution in [3.05, 3.63) is 29.8 Å². The maximum atomic E-state index is 3.67. The summed E-state index contributed by atoms with van der Waals surface area (Å²) < 4.78 is 0. The summed E-state index contributed by atoms with van der Waals surface area (Å²) >= 11 is 5.64. The number of benzene rings is 1. The van der Waals surface area contributed by atoms with E-state index in [1.807, 2.05) is 11.8 Å². The van der Waals surface area contributed by atoms with E-state index in [0.717, 1.165) is 0 Å². The van der Waals surface area contributed by atoms with E-state index < -0.39 is 0 Å². The molecule has 0 N–H and O–H groups in total. The average Bonchev–Trinajstić information content (AvgIpc) is 2.06. The van der Waals surface area contributed by atoms with Crippen LogP contribution in [0.4, 0.5) is 0 Å². The Morgan fingerprint density at radius 3 is 3.00 bits per heavy atom. The van der Waals surface area contributed by atoms with Crippen molar-refractivity contribution in [3.63, 3.8) is 0 Å². The third-order valence-electron chi connectivity index (χ3n) is 1.89. The smallest absolute Gasteiger partial charge is 0.0414 e. The molecule has 0 bridgehead atoms. The van der Waals surface area contributed by atoms with Gasteiger partial charge in [0.05, 0.1) is 0 Å². The van der Waals surface area contributed by atoms with Gasteiger partial charge in [-0.2, -0.15) is 0 Å². The highest BCUT2D eigenvalue weighted by Crippen LogP contribution is 2.40. The molecule has 0 amide bonds. The van der Waals surface area contributed by atoms with Gasteiger partial charge in [-0.25, -0.2) is 0 Å². The molecule has 0 saturated carbocycles. The van der Waals surface area contributed by atoms with Crippen molar-refractivity contribution in [1.82, 2.24) is 0 Å². The molecule has 0 aliphatic carbocycles. The molecular weight excluding hydrogens is 220 g/mol.